The van der Waals surface area contributed by atoms with E-state index in [1.807, 2.05) is 13.8 Å². The second-order valence-corrected chi connectivity index (χ2v) is 2.83. The number of ether oxygens (including phenoxy) is 1. The lowest BCUT2D eigenvalue weighted by atomic mass is 10.3. The lowest BCUT2D eigenvalue weighted by Gasteiger charge is -2.23. The Labute approximate surface area is 78.2 Å². The molecule has 0 saturated carbocycles. The van der Waals surface area contributed by atoms with E-state index in [2.05, 4.69) is 11.3 Å². The molecular weight excluding hydrogens is 170 g/mol. The molecule has 0 aliphatic carbocycles. The predicted molar refractivity (Wildman–Crippen MR) is 49.1 cm³/mol. The van der Waals surface area contributed by atoms with Gasteiger partial charge in [-0.25, -0.2) is 4.79 Å². The summed E-state index contributed by atoms with van der Waals surface area (Å²) in [6, 6.07) is -0.0374. The second-order valence-electron chi connectivity index (χ2n) is 2.83. The van der Waals surface area contributed by atoms with Crippen LogP contribution in [-0.4, -0.2) is 36.5 Å². The van der Waals surface area contributed by atoms with Gasteiger partial charge in [0.2, 0.25) is 0 Å². The molecule has 0 aliphatic rings. The third kappa shape index (κ3) is 3.27. The highest BCUT2D eigenvalue weighted by atomic mass is 16.5. The molecule has 0 aliphatic heterocycles. The molecule has 0 saturated heterocycles. The van der Waals surface area contributed by atoms with Gasteiger partial charge < -0.3 is 9.64 Å². The fourth-order valence-electron chi connectivity index (χ4n) is 0.872. The smallest absolute Gasteiger partial charge is 0.396 e. The molecule has 0 fully saturated rings. The van der Waals surface area contributed by atoms with Crippen LogP contribution in [0, 0.1) is 0 Å². The Balaban J connectivity index is 4.45. The first-order valence-electron chi connectivity index (χ1n) is 4.04. The summed E-state index contributed by atoms with van der Waals surface area (Å²) in [4.78, 5) is 23.6. The first kappa shape index (κ1) is 11.7. The molecule has 0 radical (unpaired) electrons. The summed E-state index contributed by atoms with van der Waals surface area (Å²) in [6.45, 7) is 7.50. The molecule has 4 nitrogen and oxygen atoms in total. The standard InChI is InChI=1S/C9H15NO3/c1-5-6-10(7(2)3)8(11)9(12)13-4/h5,7H,1,6H2,2-4H3. The summed E-state index contributed by atoms with van der Waals surface area (Å²) in [6.07, 6.45) is 1.57. The fraction of sp³-hybridized carbons (Fsp3) is 0.556. The van der Waals surface area contributed by atoms with E-state index in [1.54, 1.807) is 6.08 Å². The van der Waals surface area contributed by atoms with Crippen molar-refractivity contribution in [1.82, 2.24) is 4.90 Å². The molecule has 0 aromatic rings. The van der Waals surface area contributed by atoms with Crippen LogP contribution >= 0.6 is 0 Å². The largest absolute Gasteiger partial charge is 0.462 e. The molecule has 13 heavy (non-hydrogen) atoms. The van der Waals surface area contributed by atoms with Crippen molar-refractivity contribution >= 4 is 11.9 Å². The first-order chi connectivity index (χ1) is 6.04. The quantitative estimate of drug-likeness (QED) is 0.367. The van der Waals surface area contributed by atoms with Crippen LogP contribution in [0.5, 0.6) is 0 Å². The Morgan fingerprint density at radius 1 is 1.54 bits per heavy atom. The number of amides is 1. The van der Waals surface area contributed by atoms with Crippen molar-refractivity contribution in [1.29, 1.82) is 0 Å². The number of esters is 1. The molecule has 0 heterocycles. The van der Waals surface area contributed by atoms with Crippen LogP contribution < -0.4 is 0 Å². The van der Waals surface area contributed by atoms with Gasteiger partial charge in [-0.3, -0.25) is 4.79 Å². The van der Waals surface area contributed by atoms with Gasteiger partial charge in [0.25, 0.3) is 0 Å². The number of rotatable bonds is 3. The van der Waals surface area contributed by atoms with E-state index in [9.17, 15) is 9.59 Å². The fourth-order valence-corrected chi connectivity index (χ4v) is 0.872. The van der Waals surface area contributed by atoms with E-state index in [1.165, 1.54) is 12.0 Å². The Kier molecular flexibility index (Phi) is 4.80. The van der Waals surface area contributed by atoms with Crippen LogP contribution in [0.1, 0.15) is 13.8 Å². The SMILES string of the molecule is C=CCN(C(=O)C(=O)OC)C(C)C. The van der Waals surface area contributed by atoms with Crippen molar-refractivity contribution < 1.29 is 14.3 Å². The summed E-state index contributed by atoms with van der Waals surface area (Å²) in [5, 5.41) is 0. The van der Waals surface area contributed by atoms with E-state index in [0.29, 0.717) is 6.54 Å². The number of hydrogen-bond donors (Lipinski definition) is 0. The summed E-state index contributed by atoms with van der Waals surface area (Å²) in [7, 11) is 1.19. The molecular formula is C9H15NO3. The molecule has 0 aromatic heterocycles. The van der Waals surface area contributed by atoms with Gasteiger partial charge in [-0.15, -0.1) is 6.58 Å². The Morgan fingerprint density at radius 2 is 2.08 bits per heavy atom. The molecule has 0 N–H and O–H groups in total. The minimum atomic E-state index is -0.837. The molecule has 0 atom stereocenters. The van der Waals surface area contributed by atoms with Gasteiger partial charge in [-0.05, 0) is 13.8 Å². The van der Waals surface area contributed by atoms with Crippen LogP contribution in [-0.2, 0) is 14.3 Å². The molecule has 4 heteroatoms. The Morgan fingerprint density at radius 3 is 2.38 bits per heavy atom. The maximum Gasteiger partial charge on any atom is 0.396 e. The predicted octanol–water partition coefficient (Wildman–Crippen LogP) is 0.582. The van der Waals surface area contributed by atoms with Gasteiger partial charge in [0.15, 0.2) is 0 Å². The summed E-state index contributed by atoms with van der Waals surface area (Å²) in [5.74, 6) is -1.46. The number of nitrogens with zero attached hydrogens (tertiary/aromatic N) is 1. The van der Waals surface area contributed by atoms with Gasteiger partial charge >= 0.3 is 11.9 Å². The minimum Gasteiger partial charge on any atom is -0.462 e. The monoisotopic (exact) mass is 185 g/mol. The van der Waals surface area contributed by atoms with Gasteiger partial charge in [0, 0.05) is 12.6 Å². The highest BCUT2D eigenvalue weighted by Crippen LogP contribution is 1.99. The molecule has 0 spiro atoms. The van der Waals surface area contributed by atoms with Gasteiger partial charge in [0.05, 0.1) is 7.11 Å². The zero-order chi connectivity index (χ0) is 10.4. The van der Waals surface area contributed by atoms with Crippen LogP contribution in [0.25, 0.3) is 0 Å². The van der Waals surface area contributed by atoms with Crippen molar-refractivity contribution in [2.75, 3.05) is 13.7 Å². The topological polar surface area (TPSA) is 46.6 Å². The van der Waals surface area contributed by atoms with E-state index >= 15 is 0 Å². The summed E-state index contributed by atoms with van der Waals surface area (Å²) in [5.41, 5.74) is 0. The highest BCUT2D eigenvalue weighted by Gasteiger charge is 2.23. The lowest BCUT2D eigenvalue weighted by Crippen LogP contribution is -2.41. The van der Waals surface area contributed by atoms with Crippen molar-refractivity contribution in [3.63, 3.8) is 0 Å². The normalized spacial score (nSPS) is 9.54. The molecule has 1 amide bonds. The molecule has 0 bridgehead atoms. The molecule has 0 aromatic carbocycles. The maximum absolute atomic E-state index is 11.3. The van der Waals surface area contributed by atoms with Crippen molar-refractivity contribution in [2.45, 2.75) is 19.9 Å². The molecule has 0 unspecified atom stereocenters. The van der Waals surface area contributed by atoms with E-state index < -0.39 is 11.9 Å². The number of hydrogen-bond acceptors (Lipinski definition) is 3. The third-order valence-electron chi connectivity index (χ3n) is 1.57. The second kappa shape index (κ2) is 5.35. The van der Waals surface area contributed by atoms with E-state index in [0.717, 1.165) is 0 Å². The van der Waals surface area contributed by atoms with E-state index in [-0.39, 0.29) is 6.04 Å². The zero-order valence-corrected chi connectivity index (χ0v) is 8.24. The summed E-state index contributed by atoms with van der Waals surface area (Å²) < 4.78 is 4.33. The Hall–Kier alpha value is -1.32. The van der Waals surface area contributed by atoms with Crippen LogP contribution in [0.3, 0.4) is 0 Å². The first-order valence-corrected chi connectivity index (χ1v) is 4.04. The minimum absolute atomic E-state index is 0.0374. The lowest BCUT2D eigenvalue weighted by molar-refractivity contribution is -0.158. The summed E-state index contributed by atoms with van der Waals surface area (Å²) >= 11 is 0. The maximum atomic E-state index is 11.3. The number of methoxy groups -OCH3 is 1. The number of carbonyl (C=O) groups is 2. The average molecular weight is 185 g/mol. The zero-order valence-electron chi connectivity index (χ0n) is 8.24. The van der Waals surface area contributed by atoms with Crippen LogP contribution in [0.15, 0.2) is 12.7 Å². The van der Waals surface area contributed by atoms with E-state index in [4.69, 9.17) is 0 Å². The average Bonchev–Trinajstić information content (AvgIpc) is 2.11. The van der Waals surface area contributed by atoms with Gasteiger partial charge in [-0.1, -0.05) is 6.08 Å². The van der Waals surface area contributed by atoms with Crippen molar-refractivity contribution in [3.05, 3.63) is 12.7 Å². The highest BCUT2D eigenvalue weighted by molar-refractivity contribution is 6.32. The van der Waals surface area contributed by atoms with Crippen molar-refractivity contribution in [3.8, 4) is 0 Å². The molecule has 0 rings (SSSR count). The van der Waals surface area contributed by atoms with Crippen molar-refractivity contribution in [2.24, 2.45) is 0 Å². The molecule has 74 valence electrons. The van der Waals surface area contributed by atoms with Crippen LogP contribution in [0.4, 0.5) is 0 Å². The number of carbonyl (C=O) groups excluding carboxylic acids is 2. The van der Waals surface area contributed by atoms with Gasteiger partial charge in [-0.2, -0.15) is 0 Å². The van der Waals surface area contributed by atoms with Crippen LogP contribution in [0.2, 0.25) is 0 Å². The third-order valence-corrected chi connectivity index (χ3v) is 1.57. The Bertz CT molecular complexity index is 211. The van der Waals surface area contributed by atoms with Gasteiger partial charge in [0.1, 0.15) is 0 Å².